The molecule has 8 heteroatoms. The van der Waals surface area contributed by atoms with Gasteiger partial charge in [0.25, 0.3) is 0 Å². The molecular formula is H4LiMnO4PV. The molecule has 8 heavy (non-hydrogen) atoms. The van der Waals surface area contributed by atoms with Gasteiger partial charge in [0.15, 0.2) is 0 Å². The van der Waals surface area contributed by atoms with Gasteiger partial charge in [-0.15, -0.1) is 0 Å². The molecule has 46 valence electrons. The van der Waals surface area contributed by atoms with Crippen molar-refractivity contribution >= 4 is 26.7 Å². The summed E-state index contributed by atoms with van der Waals surface area (Å²) >= 11 is 0. The van der Waals surface area contributed by atoms with E-state index < -0.39 is 7.82 Å². The molecule has 4 nitrogen and oxygen atoms in total. The monoisotopic (exact) mass is 212 g/mol. The van der Waals surface area contributed by atoms with Crippen LogP contribution >= 0.6 is 7.82 Å². The molecule has 3 N–H and O–H groups in total. The Bertz CT molecular complexity index is 62.2. The van der Waals surface area contributed by atoms with Crippen LogP contribution in [-0.2, 0) is 40.2 Å². The fourth-order valence-corrected chi connectivity index (χ4v) is 0. The molecular weight excluding hydrogens is 208 g/mol. The molecule has 0 unspecified atom stereocenters. The van der Waals surface area contributed by atoms with Gasteiger partial charge in [-0.05, 0) is 0 Å². The van der Waals surface area contributed by atoms with E-state index in [9.17, 15) is 0 Å². The van der Waals surface area contributed by atoms with E-state index in [1.807, 2.05) is 0 Å². The van der Waals surface area contributed by atoms with Crippen LogP contribution in [0.25, 0.3) is 0 Å². The summed E-state index contributed by atoms with van der Waals surface area (Å²) in [6.45, 7) is 0. The van der Waals surface area contributed by atoms with Crippen LogP contribution in [0.4, 0.5) is 0 Å². The summed E-state index contributed by atoms with van der Waals surface area (Å²) in [7, 11) is -4.64. The summed E-state index contributed by atoms with van der Waals surface area (Å²) in [6, 6.07) is 0. The normalized spacial score (nSPS) is 7.38. The molecule has 2 radical (unpaired) electrons. The maximum Gasteiger partial charge on any atom is 0 e. The van der Waals surface area contributed by atoms with Gasteiger partial charge in [0.2, 0.25) is 0 Å². The summed E-state index contributed by atoms with van der Waals surface area (Å²) in [5, 5.41) is 0. The third kappa shape index (κ3) is 110. The van der Waals surface area contributed by atoms with Gasteiger partial charge in [0.05, 0.1) is 0 Å². The van der Waals surface area contributed by atoms with E-state index in [0.29, 0.717) is 0 Å². The predicted octanol–water partition coefficient (Wildman–Crippen LogP) is -1.58. The van der Waals surface area contributed by atoms with Gasteiger partial charge in [-0.25, -0.2) is 4.57 Å². The largest absolute Gasteiger partial charge is 0 e. The summed E-state index contributed by atoms with van der Waals surface area (Å²) in [6.07, 6.45) is 0. The van der Waals surface area contributed by atoms with Crippen LogP contribution in [0.2, 0.25) is 0 Å². The second kappa shape index (κ2) is 8.81. The van der Waals surface area contributed by atoms with E-state index in [2.05, 4.69) is 0 Å². The van der Waals surface area contributed by atoms with Crippen molar-refractivity contribution in [2.45, 2.75) is 0 Å². The van der Waals surface area contributed by atoms with Crippen LogP contribution in [0.1, 0.15) is 0 Å². The zero-order chi connectivity index (χ0) is 4.50. The van der Waals surface area contributed by atoms with Crippen LogP contribution < -0.4 is 0 Å². The Labute approximate surface area is 81.2 Å². The van der Waals surface area contributed by atoms with Crippen molar-refractivity contribution in [3.8, 4) is 0 Å². The molecule has 0 aliphatic rings. The average Bonchev–Trinajstić information content (AvgIpc) is 0.722. The van der Waals surface area contributed by atoms with Crippen molar-refractivity contribution in [3.63, 3.8) is 0 Å². The van der Waals surface area contributed by atoms with E-state index in [1.54, 1.807) is 0 Å². The quantitative estimate of drug-likeness (QED) is 0.334. The topological polar surface area (TPSA) is 77.8 Å². The van der Waals surface area contributed by atoms with Crippen LogP contribution in [-0.4, -0.2) is 33.5 Å². The van der Waals surface area contributed by atoms with Crippen molar-refractivity contribution < 1.29 is 54.9 Å². The molecule has 0 heterocycles. The number of rotatable bonds is 0. The first-order chi connectivity index (χ1) is 2.00. The van der Waals surface area contributed by atoms with Crippen LogP contribution in [0.3, 0.4) is 0 Å². The number of hydrogen-bond acceptors (Lipinski definition) is 1. The van der Waals surface area contributed by atoms with E-state index in [-0.39, 0.29) is 54.5 Å². The third-order valence-electron chi connectivity index (χ3n) is 0. The Kier molecular flexibility index (Phi) is 24.8. The third-order valence-corrected chi connectivity index (χ3v) is 0. The zero-order valence-corrected chi connectivity index (χ0v) is 6.49. The Hall–Kier alpha value is 1.81. The summed E-state index contributed by atoms with van der Waals surface area (Å²) in [5.41, 5.74) is 0. The molecule has 0 spiro atoms. The second-order valence-corrected chi connectivity index (χ2v) is 1.54. The number of phosphoric acid groups is 1. The minimum Gasteiger partial charge on any atom is 0 e. The minimum absolute atomic E-state index is 0. The molecule has 0 saturated carbocycles. The van der Waals surface area contributed by atoms with E-state index in [4.69, 9.17) is 19.2 Å². The molecule has 0 fully saturated rings. The Morgan fingerprint density at radius 2 is 1.12 bits per heavy atom. The molecule has 0 bridgehead atoms. The fraction of sp³-hybridized carbons (Fsp3) is 0. The molecule has 0 saturated heterocycles. The van der Waals surface area contributed by atoms with Crippen molar-refractivity contribution in [2.75, 3.05) is 0 Å². The summed E-state index contributed by atoms with van der Waals surface area (Å²) < 4.78 is 8.88. The van der Waals surface area contributed by atoms with Crippen molar-refractivity contribution in [1.29, 1.82) is 0 Å². The molecule has 0 aromatic carbocycles. The molecule has 0 aliphatic heterocycles. The molecule has 0 aliphatic carbocycles. The van der Waals surface area contributed by atoms with Crippen molar-refractivity contribution in [3.05, 3.63) is 0 Å². The van der Waals surface area contributed by atoms with Gasteiger partial charge in [-0.2, -0.15) is 0 Å². The average molecular weight is 212 g/mol. The Balaban J connectivity index is -0.0000000267. The standard InChI is InChI=1S/Li.Mn.H3O4P.V.H/c;;1-5(2,3)4;;/h;;(H3,1,2,3,4);;. The van der Waals surface area contributed by atoms with E-state index in [1.165, 1.54) is 0 Å². The van der Waals surface area contributed by atoms with Crippen LogP contribution in [0.15, 0.2) is 0 Å². The van der Waals surface area contributed by atoms with Crippen LogP contribution in [0, 0.1) is 0 Å². The maximum atomic E-state index is 8.88. The van der Waals surface area contributed by atoms with Gasteiger partial charge in [0.1, 0.15) is 0 Å². The molecule has 0 atom stereocenters. The van der Waals surface area contributed by atoms with Gasteiger partial charge < -0.3 is 14.7 Å². The first kappa shape index (κ1) is 22.6. The van der Waals surface area contributed by atoms with Crippen molar-refractivity contribution in [1.82, 2.24) is 0 Å². The van der Waals surface area contributed by atoms with Gasteiger partial charge >= 0.3 is 26.7 Å². The first-order valence-corrected chi connectivity index (χ1v) is 2.35. The summed E-state index contributed by atoms with van der Waals surface area (Å²) in [5.74, 6) is 0. The Morgan fingerprint density at radius 1 is 1.12 bits per heavy atom. The van der Waals surface area contributed by atoms with Crippen LogP contribution in [0.5, 0.6) is 0 Å². The molecule has 0 aromatic heterocycles. The smallest absolute Gasteiger partial charge is 0 e. The fourth-order valence-electron chi connectivity index (χ4n) is 0. The SMILES string of the molecule is O=P(O)(O)O.[LiH].[Mn].[V]. The van der Waals surface area contributed by atoms with Gasteiger partial charge in [-0.3, -0.25) is 0 Å². The first-order valence-electron chi connectivity index (χ1n) is 0.783. The molecule has 0 amide bonds. The molecule has 0 rings (SSSR count). The van der Waals surface area contributed by atoms with Gasteiger partial charge in [-0.1, -0.05) is 0 Å². The second-order valence-electron chi connectivity index (χ2n) is 0.513. The maximum absolute atomic E-state index is 8.88. The summed E-state index contributed by atoms with van der Waals surface area (Å²) in [4.78, 5) is 21.6. The Morgan fingerprint density at radius 3 is 1.12 bits per heavy atom. The zero-order valence-electron chi connectivity index (χ0n) is 3.02. The minimum atomic E-state index is -4.64. The van der Waals surface area contributed by atoms with Crippen molar-refractivity contribution in [2.24, 2.45) is 0 Å². The molecule has 0 aromatic rings. The van der Waals surface area contributed by atoms with E-state index >= 15 is 0 Å². The predicted molar refractivity (Wildman–Crippen MR) is 21.4 cm³/mol. The van der Waals surface area contributed by atoms with E-state index in [0.717, 1.165) is 0 Å². The van der Waals surface area contributed by atoms with Gasteiger partial charge in [0, 0.05) is 35.6 Å². The number of hydrogen-bond donors (Lipinski definition) is 3.